The third kappa shape index (κ3) is 14.6. The van der Waals surface area contributed by atoms with Gasteiger partial charge in [-0.05, 0) is 62.3 Å². The van der Waals surface area contributed by atoms with E-state index in [1.54, 1.807) is 0 Å². The zero-order valence-corrected chi connectivity index (χ0v) is 27.0. The molecule has 0 bridgehead atoms. The normalized spacial score (nSPS) is 16.7. The molecule has 9 atom stereocenters. The van der Waals surface area contributed by atoms with Gasteiger partial charge in [0.2, 0.25) is 47.3 Å². The van der Waals surface area contributed by atoms with Crippen LogP contribution in [0.4, 0.5) is 0 Å². The standard InChI is InChI=1S/C27H47N9O9/c1-11(10-37)29-21(39)13(3)31-23(41)15(5)33-25(43)17(7)35-27(45)19(9)36-26(44)18(8)34-24(42)16(6)32-22(40)14(4)30-20(38)12(2)28/h10-19H,28H2,1-9H3,(H,29,39)(H,30,38)(H,31,41)(H,32,40)(H,33,43)(H,34,42)(H,35,45)(H,36,44)/t11-,12-,13-,14-,15-,16-,17-,18-,19-/m0/s1. The van der Waals surface area contributed by atoms with Crippen molar-refractivity contribution in [2.45, 2.75) is 117 Å². The van der Waals surface area contributed by atoms with Crippen molar-refractivity contribution in [1.82, 2.24) is 42.5 Å². The summed E-state index contributed by atoms with van der Waals surface area (Å²) >= 11 is 0. The quantitative estimate of drug-likeness (QED) is 0.0687. The summed E-state index contributed by atoms with van der Waals surface area (Å²) < 4.78 is 0. The summed E-state index contributed by atoms with van der Waals surface area (Å²) in [5.41, 5.74) is 5.45. The maximum absolute atomic E-state index is 12.6. The van der Waals surface area contributed by atoms with E-state index in [-0.39, 0.29) is 0 Å². The highest BCUT2D eigenvalue weighted by Crippen LogP contribution is 1.95. The van der Waals surface area contributed by atoms with E-state index in [2.05, 4.69) is 42.5 Å². The van der Waals surface area contributed by atoms with Gasteiger partial charge >= 0.3 is 0 Å². The molecule has 0 saturated heterocycles. The molecule has 0 aliphatic heterocycles. The summed E-state index contributed by atoms with van der Waals surface area (Å²) in [6, 6.07) is -9.05. The van der Waals surface area contributed by atoms with E-state index in [9.17, 15) is 43.2 Å². The molecule has 0 aliphatic carbocycles. The Bertz CT molecular complexity index is 1130. The Morgan fingerprint density at radius 3 is 0.733 bits per heavy atom. The number of carbonyl (C=O) groups is 9. The van der Waals surface area contributed by atoms with Gasteiger partial charge in [0.1, 0.15) is 48.6 Å². The lowest BCUT2D eigenvalue weighted by atomic mass is 10.2. The van der Waals surface area contributed by atoms with Gasteiger partial charge in [-0.2, -0.15) is 0 Å². The predicted molar refractivity (Wildman–Crippen MR) is 161 cm³/mol. The van der Waals surface area contributed by atoms with E-state index in [0.29, 0.717) is 6.29 Å². The highest BCUT2D eigenvalue weighted by atomic mass is 16.2. The fraction of sp³-hybridized carbons (Fsp3) is 0.667. The average molecular weight is 642 g/mol. The SMILES string of the molecule is C[C@H](N)C(=O)N[C@@H](C)C(=O)N[C@@H](C)C(=O)N[C@@H](C)C(=O)N[C@@H](C)C(=O)N[C@@H](C)C(=O)N[C@@H](C)C(=O)N[C@@H](C)C(=O)N[C@@H](C)C=O. The molecule has 0 aromatic rings. The van der Waals surface area contributed by atoms with E-state index >= 15 is 0 Å². The number of hydrogen-bond donors (Lipinski definition) is 9. The highest BCUT2D eigenvalue weighted by molar-refractivity contribution is 5.97. The average Bonchev–Trinajstić information content (AvgIpc) is 2.95. The van der Waals surface area contributed by atoms with Gasteiger partial charge in [0.25, 0.3) is 0 Å². The molecular weight excluding hydrogens is 594 g/mol. The minimum absolute atomic E-state index is 0.526. The van der Waals surface area contributed by atoms with Crippen LogP contribution < -0.4 is 48.3 Å². The molecule has 0 fully saturated rings. The Balaban J connectivity index is 4.80. The summed E-state index contributed by atoms with van der Waals surface area (Å²) in [4.78, 5) is 109. The number of nitrogens with one attached hydrogen (secondary N) is 8. The van der Waals surface area contributed by atoms with E-state index in [1.165, 1.54) is 62.3 Å². The van der Waals surface area contributed by atoms with Gasteiger partial charge < -0.3 is 53.1 Å². The molecule has 0 aromatic heterocycles. The molecule has 0 saturated carbocycles. The molecule has 18 nitrogen and oxygen atoms in total. The van der Waals surface area contributed by atoms with E-state index in [4.69, 9.17) is 5.73 Å². The minimum atomic E-state index is -1.13. The van der Waals surface area contributed by atoms with Gasteiger partial charge in [-0.25, -0.2) is 0 Å². The van der Waals surface area contributed by atoms with Gasteiger partial charge in [0.05, 0.1) is 12.1 Å². The second-order valence-corrected chi connectivity index (χ2v) is 10.8. The van der Waals surface area contributed by atoms with E-state index in [0.717, 1.165) is 0 Å². The van der Waals surface area contributed by atoms with Crippen molar-refractivity contribution in [3.63, 3.8) is 0 Å². The van der Waals surface area contributed by atoms with Gasteiger partial charge in [-0.15, -0.1) is 0 Å². The molecule has 0 aliphatic rings. The number of hydrogen-bond acceptors (Lipinski definition) is 10. The Hall–Kier alpha value is -4.61. The van der Waals surface area contributed by atoms with Gasteiger partial charge in [-0.1, -0.05) is 0 Å². The van der Waals surface area contributed by atoms with Crippen molar-refractivity contribution >= 4 is 53.5 Å². The Morgan fingerprint density at radius 2 is 0.556 bits per heavy atom. The van der Waals surface area contributed by atoms with Crippen LogP contribution in [0, 0.1) is 0 Å². The molecule has 45 heavy (non-hydrogen) atoms. The van der Waals surface area contributed by atoms with Gasteiger partial charge in [0.15, 0.2) is 0 Å². The number of aldehydes is 1. The Kier molecular flexibility index (Phi) is 17.0. The van der Waals surface area contributed by atoms with E-state index < -0.39 is 102 Å². The molecule has 254 valence electrons. The Labute approximate surface area is 261 Å². The minimum Gasteiger partial charge on any atom is -0.345 e. The van der Waals surface area contributed by atoms with Crippen molar-refractivity contribution in [2.24, 2.45) is 5.73 Å². The highest BCUT2D eigenvalue weighted by Gasteiger charge is 2.28. The second-order valence-electron chi connectivity index (χ2n) is 10.8. The number of carbonyl (C=O) groups excluding carboxylic acids is 9. The van der Waals surface area contributed by atoms with Crippen LogP contribution in [-0.2, 0) is 43.2 Å². The molecule has 8 amide bonds. The van der Waals surface area contributed by atoms with Crippen LogP contribution in [0.1, 0.15) is 62.3 Å². The van der Waals surface area contributed by atoms with E-state index in [1.807, 2.05) is 0 Å². The number of amides is 8. The first kappa shape index (κ1) is 40.4. The molecular formula is C27H47N9O9. The van der Waals surface area contributed by atoms with Crippen LogP contribution in [0.15, 0.2) is 0 Å². The maximum atomic E-state index is 12.6. The van der Waals surface area contributed by atoms with Crippen LogP contribution >= 0.6 is 0 Å². The molecule has 0 spiro atoms. The lowest BCUT2D eigenvalue weighted by Gasteiger charge is -2.23. The van der Waals surface area contributed by atoms with Crippen molar-refractivity contribution in [2.75, 3.05) is 0 Å². The molecule has 10 N–H and O–H groups in total. The summed E-state index contributed by atoms with van der Waals surface area (Å²) in [6.07, 6.45) is 0.526. The van der Waals surface area contributed by atoms with Crippen LogP contribution in [0.2, 0.25) is 0 Å². The van der Waals surface area contributed by atoms with Gasteiger partial charge in [-0.3, -0.25) is 38.4 Å². The lowest BCUT2D eigenvalue weighted by Crippen LogP contribution is -2.58. The molecule has 0 rings (SSSR count). The number of rotatable bonds is 17. The Morgan fingerprint density at radius 1 is 0.378 bits per heavy atom. The fourth-order valence-electron chi connectivity index (χ4n) is 3.22. The molecule has 0 aromatic carbocycles. The third-order valence-corrected chi connectivity index (χ3v) is 6.25. The number of nitrogens with two attached hydrogens (primary N) is 1. The molecule has 0 unspecified atom stereocenters. The van der Waals surface area contributed by atoms with Crippen molar-refractivity contribution in [1.29, 1.82) is 0 Å². The zero-order chi connectivity index (χ0) is 35.2. The van der Waals surface area contributed by atoms with Gasteiger partial charge in [0, 0.05) is 0 Å². The third-order valence-electron chi connectivity index (χ3n) is 6.25. The first-order valence-electron chi connectivity index (χ1n) is 14.4. The largest absolute Gasteiger partial charge is 0.345 e. The van der Waals surface area contributed by atoms with Crippen LogP contribution in [-0.4, -0.2) is 108 Å². The summed E-state index contributed by atoms with van der Waals surface area (Å²) in [5.74, 6) is -5.37. The second kappa shape index (κ2) is 18.9. The summed E-state index contributed by atoms with van der Waals surface area (Å²) in [5, 5.41) is 19.2. The lowest BCUT2D eigenvalue weighted by molar-refractivity contribution is -0.135. The summed E-state index contributed by atoms with van der Waals surface area (Å²) in [6.45, 7) is 12.5. The predicted octanol–water partition coefficient (Wildman–Crippen LogP) is -4.43. The molecule has 18 heteroatoms. The fourth-order valence-corrected chi connectivity index (χ4v) is 3.22. The molecule has 0 heterocycles. The first-order chi connectivity index (χ1) is 20.7. The monoisotopic (exact) mass is 641 g/mol. The van der Waals surface area contributed by atoms with Crippen LogP contribution in [0.25, 0.3) is 0 Å². The van der Waals surface area contributed by atoms with Crippen LogP contribution in [0.3, 0.4) is 0 Å². The van der Waals surface area contributed by atoms with Crippen molar-refractivity contribution < 1.29 is 43.2 Å². The zero-order valence-electron chi connectivity index (χ0n) is 27.0. The smallest absolute Gasteiger partial charge is 0.242 e. The molecule has 0 radical (unpaired) electrons. The van der Waals surface area contributed by atoms with Crippen molar-refractivity contribution in [3.05, 3.63) is 0 Å². The van der Waals surface area contributed by atoms with Crippen molar-refractivity contribution in [3.8, 4) is 0 Å². The van der Waals surface area contributed by atoms with Crippen LogP contribution in [0.5, 0.6) is 0 Å². The first-order valence-corrected chi connectivity index (χ1v) is 14.4. The maximum Gasteiger partial charge on any atom is 0.242 e. The summed E-state index contributed by atoms with van der Waals surface area (Å²) in [7, 11) is 0. The topological polar surface area (TPSA) is 276 Å².